The minimum atomic E-state index is -1.32. The Hall–Kier alpha value is -3.80. The molecular formula is C27H28N2O4. The van der Waals surface area contributed by atoms with E-state index in [0.717, 1.165) is 64.1 Å². The maximum Gasteiger partial charge on any atom is 0.511 e. The number of rotatable bonds is 8. The van der Waals surface area contributed by atoms with Gasteiger partial charge in [0, 0.05) is 18.5 Å². The lowest BCUT2D eigenvalue weighted by Gasteiger charge is -2.13. The van der Waals surface area contributed by atoms with Gasteiger partial charge < -0.3 is 19.1 Å². The molecule has 0 aliphatic rings. The Morgan fingerprint density at radius 3 is 2.48 bits per heavy atom. The molecule has 1 aromatic heterocycles. The highest BCUT2D eigenvalue weighted by Crippen LogP contribution is 2.32. The lowest BCUT2D eigenvalue weighted by atomic mass is 10.0. The Morgan fingerprint density at radius 1 is 1.03 bits per heavy atom. The van der Waals surface area contributed by atoms with Crippen LogP contribution in [0.2, 0.25) is 0 Å². The zero-order chi connectivity index (χ0) is 23.4. The molecular weight excluding hydrogens is 416 g/mol. The first-order chi connectivity index (χ1) is 16.0. The number of nitrogens with zero attached hydrogens (tertiary/aromatic N) is 2. The first kappa shape index (κ1) is 22.4. The van der Waals surface area contributed by atoms with Gasteiger partial charge in [-0.2, -0.15) is 0 Å². The summed E-state index contributed by atoms with van der Waals surface area (Å²) in [5.41, 5.74) is 5.89. The van der Waals surface area contributed by atoms with Gasteiger partial charge in [-0.05, 0) is 42.2 Å². The molecule has 0 spiro atoms. The molecule has 33 heavy (non-hydrogen) atoms. The van der Waals surface area contributed by atoms with Crippen LogP contribution in [0.5, 0.6) is 11.5 Å². The summed E-state index contributed by atoms with van der Waals surface area (Å²) >= 11 is 0. The van der Waals surface area contributed by atoms with Crippen molar-refractivity contribution in [2.45, 2.75) is 39.7 Å². The normalized spacial score (nSPS) is 11.0. The van der Waals surface area contributed by atoms with Gasteiger partial charge in [-0.1, -0.05) is 61.9 Å². The molecule has 0 amide bonds. The Balaban J connectivity index is 1.71. The average Bonchev–Trinajstić information content (AvgIpc) is 3.18. The number of ether oxygens (including phenoxy) is 2. The molecule has 6 heteroatoms. The molecule has 0 saturated heterocycles. The Bertz CT molecular complexity index is 1280. The molecule has 1 N–H and O–H groups in total. The number of hydrogen-bond acceptors (Lipinski definition) is 4. The van der Waals surface area contributed by atoms with E-state index in [1.807, 2.05) is 36.4 Å². The van der Waals surface area contributed by atoms with Crippen molar-refractivity contribution in [3.05, 3.63) is 77.6 Å². The molecule has 4 aromatic rings. The highest BCUT2D eigenvalue weighted by Gasteiger charge is 2.17. The van der Waals surface area contributed by atoms with E-state index in [0.29, 0.717) is 12.3 Å². The van der Waals surface area contributed by atoms with Crippen molar-refractivity contribution in [1.29, 1.82) is 0 Å². The molecule has 170 valence electrons. The molecule has 0 radical (unpaired) electrons. The summed E-state index contributed by atoms with van der Waals surface area (Å²) in [5, 5.41) is 9.02. The number of aromatic nitrogens is 2. The van der Waals surface area contributed by atoms with Crippen LogP contribution in [0.4, 0.5) is 4.79 Å². The second kappa shape index (κ2) is 9.77. The van der Waals surface area contributed by atoms with Crippen LogP contribution in [0.25, 0.3) is 22.2 Å². The van der Waals surface area contributed by atoms with Gasteiger partial charge in [0.2, 0.25) is 0 Å². The number of unbranched alkanes of at least 4 members (excludes halogenated alkanes) is 1. The maximum absolute atomic E-state index is 11.0. The minimum Gasteiger partial charge on any atom is -0.494 e. The van der Waals surface area contributed by atoms with Crippen molar-refractivity contribution in [1.82, 2.24) is 9.55 Å². The summed E-state index contributed by atoms with van der Waals surface area (Å²) < 4.78 is 12.9. The van der Waals surface area contributed by atoms with Crippen LogP contribution < -0.4 is 9.47 Å². The average molecular weight is 445 g/mol. The van der Waals surface area contributed by atoms with Crippen LogP contribution in [0.1, 0.15) is 36.7 Å². The summed E-state index contributed by atoms with van der Waals surface area (Å²) in [6, 6.07) is 19.3. The molecule has 0 fully saturated rings. The number of methoxy groups -OCH3 is 1. The van der Waals surface area contributed by atoms with Gasteiger partial charge in [0.25, 0.3) is 0 Å². The highest BCUT2D eigenvalue weighted by molar-refractivity contribution is 5.85. The van der Waals surface area contributed by atoms with Gasteiger partial charge in [-0.25, -0.2) is 9.78 Å². The summed E-state index contributed by atoms with van der Waals surface area (Å²) in [7, 11) is 1.69. The van der Waals surface area contributed by atoms with Gasteiger partial charge in [0.15, 0.2) is 0 Å². The van der Waals surface area contributed by atoms with E-state index in [1.165, 1.54) is 0 Å². The third kappa shape index (κ3) is 4.70. The zero-order valence-electron chi connectivity index (χ0n) is 19.2. The fourth-order valence-corrected chi connectivity index (χ4v) is 4.10. The molecule has 0 bridgehead atoms. The lowest BCUT2D eigenvalue weighted by Crippen LogP contribution is -2.06. The van der Waals surface area contributed by atoms with E-state index in [1.54, 1.807) is 19.2 Å². The second-order valence-electron chi connectivity index (χ2n) is 8.06. The van der Waals surface area contributed by atoms with E-state index in [9.17, 15) is 4.79 Å². The van der Waals surface area contributed by atoms with Crippen LogP contribution in [-0.2, 0) is 13.0 Å². The quantitative estimate of drug-likeness (QED) is 0.249. The SMILES string of the molecule is CCCCc1nc2c(C)ccc(OC)c2n1Cc1ccc(-c2ccccc2OC(=O)O)cc1. The summed E-state index contributed by atoms with van der Waals surface area (Å²) in [4.78, 5) is 16.0. The van der Waals surface area contributed by atoms with Gasteiger partial charge in [-0.3, -0.25) is 0 Å². The predicted molar refractivity (Wildman–Crippen MR) is 129 cm³/mol. The molecule has 0 unspecified atom stereocenters. The number of hydrogen-bond donors (Lipinski definition) is 1. The van der Waals surface area contributed by atoms with Gasteiger partial charge >= 0.3 is 6.16 Å². The third-order valence-corrected chi connectivity index (χ3v) is 5.80. The number of para-hydroxylation sites is 1. The van der Waals surface area contributed by atoms with E-state index in [2.05, 4.69) is 30.5 Å². The largest absolute Gasteiger partial charge is 0.511 e. The summed E-state index contributed by atoms with van der Waals surface area (Å²) in [5.74, 6) is 2.20. The molecule has 3 aromatic carbocycles. The van der Waals surface area contributed by atoms with Crippen LogP contribution in [0.15, 0.2) is 60.7 Å². The van der Waals surface area contributed by atoms with E-state index in [4.69, 9.17) is 19.6 Å². The number of imidazole rings is 1. The zero-order valence-corrected chi connectivity index (χ0v) is 19.2. The number of carbonyl (C=O) groups is 1. The molecule has 4 rings (SSSR count). The van der Waals surface area contributed by atoms with E-state index >= 15 is 0 Å². The van der Waals surface area contributed by atoms with Crippen molar-refractivity contribution in [3.63, 3.8) is 0 Å². The highest BCUT2D eigenvalue weighted by atomic mass is 16.7. The predicted octanol–water partition coefficient (Wildman–Crippen LogP) is 6.47. The lowest BCUT2D eigenvalue weighted by molar-refractivity contribution is 0.144. The maximum atomic E-state index is 11.0. The molecule has 6 nitrogen and oxygen atoms in total. The summed E-state index contributed by atoms with van der Waals surface area (Å²) in [6.45, 7) is 4.93. The minimum absolute atomic E-state index is 0.320. The van der Waals surface area contributed by atoms with Gasteiger partial charge in [-0.15, -0.1) is 0 Å². The standard InChI is InChI=1S/C27H28N2O4/c1-4-5-10-24-28-25-18(2)11-16-23(32-3)26(25)29(24)17-19-12-14-20(15-13-19)21-8-6-7-9-22(21)33-27(30)31/h6-9,11-16H,4-5,10,17H2,1-3H3,(H,30,31). The van der Waals surface area contributed by atoms with Crippen LogP contribution in [0, 0.1) is 6.92 Å². The van der Waals surface area contributed by atoms with Crippen LogP contribution >= 0.6 is 0 Å². The van der Waals surface area contributed by atoms with Crippen molar-refractivity contribution < 1.29 is 19.4 Å². The Morgan fingerprint density at radius 2 is 1.79 bits per heavy atom. The van der Waals surface area contributed by atoms with Gasteiger partial charge in [0.05, 0.1) is 12.6 Å². The van der Waals surface area contributed by atoms with Gasteiger partial charge in [0.1, 0.15) is 22.8 Å². The van der Waals surface area contributed by atoms with E-state index in [-0.39, 0.29) is 0 Å². The fraction of sp³-hybridized carbons (Fsp3) is 0.259. The first-order valence-corrected chi connectivity index (χ1v) is 11.1. The Kier molecular flexibility index (Phi) is 6.63. The summed E-state index contributed by atoms with van der Waals surface area (Å²) in [6.07, 6.45) is 1.76. The smallest absolute Gasteiger partial charge is 0.494 e. The molecule has 0 saturated carbocycles. The van der Waals surface area contributed by atoms with Crippen LogP contribution in [-0.4, -0.2) is 27.9 Å². The van der Waals surface area contributed by atoms with Crippen molar-refractivity contribution in [3.8, 4) is 22.6 Å². The first-order valence-electron chi connectivity index (χ1n) is 11.1. The topological polar surface area (TPSA) is 73.6 Å². The van der Waals surface area contributed by atoms with Crippen molar-refractivity contribution in [2.24, 2.45) is 0 Å². The molecule has 0 atom stereocenters. The van der Waals surface area contributed by atoms with Crippen molar-refractivity contribution in [2.75, 3.05) is 7.11 Å². The molecule has 0 aliphatic heterocycles. The number of fused-ring (bicyclic) bond motifs is 1. The fourth-order valence-electron chi connectivity index (χ4n) is 4.10. The molecule has 1 heterocycles. The van der Waals surface area contributed by atoms with Crippen LogP contribution in [0.3, 0.4) is 0 Å². The second-order valence-corrected chi connectivity index (χ2v) is 8.06. The third-order valence-electron chi connectivity index (χ3n) is 5.80. The monoisotopic (exact) mass is 444 g/mol. The van der Waals surface area contributed by atoms with E-state index < -0.39 is 6.16 Å². The number of aryl methyl sites for hydroxylation is 2. The molecule has 0 aliphatic carbocycles. The Labute approximate surface area is 193 Å². The number of carboxylic acid groups (broad SMARTS) is 1. The number of benzene rings is 3. The van der Waals surface area contributed by atoms with Crippen molar-refractivity contribution >= 4 is 17.2 Å².